The molecule has 2 aliphatic carbocycles. The van der Waals surface area contributed by atoms with Gasteiger partial charge in [0, 0.05) is 23.9 Å². The molecule has 0 aromatic carbocycles. The number of rotatable bonds is 4. The smallest absolute Gasteiger partial charge is 0.222 e. The summed E-state index contributed by atoms with van der Waals surface area (Å²) < 4.78 is 0. The van der Waals surface area contributed by atoms with Crippen LogP contribution in [0.15, 0.2) is 0 Å². The maximum atomic E-state index is 12.1. The predicted octanol–water partition coefficient (Wildman–Crippen LogP) is 1.20. The van der Waals surface area contributed by atoms with Crippen molar-refractivity contribution in [3.63, 3.8) is 0 Å². The highest BCUT2D eigenvalue weighted by Gasteiger charge is 2.31. The summed E-state index contributed by atoms with van der Waals surface area (Å²) in [4.78, 5) is 23.2. The number of carbonyl (C=O) groups excluding carboxylic acids is 2. The highest BCUT2D eigenvalue weighted by molar-refractivity contribution is 5.78. The molecule has 5 nitrogen and oxygen atoms in total. The molecule has 5 heteroatoms. The molecule has 0 aromatic heterocycles. The molecule has 0 aliphatic heterocycles. The van der Waals surface area contributed by atoms with Crippen molar-refractivity contribution in [3.8, 4) is 0 Å². The Hall–Kier alpha value is -1.10. The molecule has 0 atom stereocenters. The molecular formula is C15H27N3O2. The van der Waals surface area contributed by atoms with Crippen LogP contribution in [0, 0.1) is 5.92 Å². The Bertz CT molecular complexity index is 356. The first kappa shape index (κ1) is 15.3. The van der Waals surface area contributed by atoms with Crippen molar-refractivity contribution in [1.29, 1.82) is 0 Å². The highest BCUT2D eigenvalue weighted by Crippen LogP contribution is 2.29. The molecule has 0 spiro atoms. The maximum absolute atomic E-state index is 12.1. The van der Waals surface area contributed by atoms with E-state index >= 15 is 0 Å². The standard InChI is InChI=1S/C15H27N3O2/c16-14(20)11-4-6-12(7-5-11)18-13(19)10-15(17)8-2-1-3-9-15/h11-12H,1-10,17H2,(H2,16,20)(H,18,19). The summed E-state index contributed by atoms with van der Waals surface area (Å²) in [6.45, 7) is 0. The zero-order valence-corrected chi connectivity index (χ0v) is 12.2. The molecular weight excluding hydrogens is 254 g/mol. The van der Waals surface area contributed by atoms with Gasteiger partial charge in [-0.3, -0.25) is 9.59 Å². The third kappa shape index (κ3) is 4.20. The van der Waals surface area contributed by atoms with Crippen LogP contribution in [0.25, 0.3) is 0 Å². The van der Waals surface area contributed by atoms with Crippen LogP contribution in [0.4, 0.5) is 0 Å². The topological polar surface area (TPSA) is 98.2 Å². The molecule has 114 valence electrons. The molecule has 2 amide bonds. The molecule has 0 aromatic rings. The summed E-state index contributed by atoms with van der Waals surface area (Å²) >= 11 is 0. The lowest BCUT2D eigenvalue weighted by Crippen LogP contribution is -2.48. The summed E-state index contributed by atoms with van der Waals surface area (Å²) in [6.07, 6.45) is 9.10. The quantitative estimate of drug-likeness (QED) is 0.722. The van der Waals surface area contributed by atoms with Gasteiger partial charge in [0.1, 0.15) is 0 Å². The Kier molecular flexibility index (Phi) is 5.02. The number of hydrogen-bond donors (Lipinski definition) is 3. The predicted molar refractivity (Wildman–Crippen MR) is 77.7 cm³/mol. The van der Waals surface area contributed by atoms with Crippen molar-refractivity contribution in [2.45, 2.75) is 75.8 Å². The SMILES string of the molecule is NC(=O)C1CCC(NC(=O)CC2(N)CCCCC2)CC1. The van der Waals surface area contributed by atoms with Crippen molar-refractivity contribution in [3.05, 3.63) is 0 Å². The number of nitrogens with one attached hydrogen (secondary N) is 1. The zero-order valence-electron chi connectivity index (χ0n) is 12.2. The van der Waals surface area contributed by atoms with E-state index < -0.39 is 0 Å². The van der Waals surface area contributed by atoms with Gasteiger partial charge >= 0.3 is 0 Å². The van der Waals surface area contributed by atoms with Gasteiger partial charge in [-0.05, 0) is 38.5 Å². The van der Waals surface area contributed by atoms with E-state index in [0.717, 1.165) is 51.4 Å². The molecule has 20 heavy (non-hydrogen) atoms. The minimum Gasteiger partial charge on any atom is -0.369 e. The molecule has 2 aliphatic rings. The van der Waals surface area contributed by atoms with E-state index in [1.165, 1.54) is 6.42 Å². The van der Waals surface area contributed by atoms with Crippen LogP contribution in [-0.2, 0) is 9.59 Å². The number of primary amides is 1. The van der Waals surface area contributed by atoms with E-state index in [4.69, 9.17) is 11.5 Å². The molecule has 0 saturated heterocycles. The molecule has 5 N–H and O–H groups in total. The van der Waals surface area contributed by atoms with Gasteiger partial charge in [0.2, 0.25) is 11.8 Å². The second kappa shape index (κ2) is 6.57. The molecule has 0 bridgehead atoms. The van der Waals surface area contributed by atoms with Crippen LogP contribution in [-0.4, -0.2) is 23.4 Å². The van der Waals surface area contributed by atoms with E-state index in [1.54, 1.807) is 0 Å². The van der Waals surface area contributed by atoms with Crippen LogP contribution < -0.4 is 16.8 Å². The number of amides is 2. The summed E-state index contributed by atoms with van der Waals surface area (Å²) in [6, 6.07) is 0.185. The van der Waals surface area contributed by atoms with Crippen molar-refractivity contribution >= 4 is 11.8 Å². The Balaban J connectivity index is 1.74. The minimum atomic E-state index is -0.299. The normalized spacial score (nSPS) is 29.6. The largest absolute Gasteiger partial charge is 0.369 e. The fourth-order valence-corrected chi connectivity index (χ4v) is 3.55. The maximum Gasteiger partial charge on any atom is 0.222 e. The van der Waals surface area contributed by atoms with Gasteiger partial charge in [-0.1, -0.05) is 19.3 Å². The lowest BCUT2D eigenvalue weighted by Gasteiger charge is -2.34. The Morgan fingerprint density at radius 2 is 1.65 bits per heavy atom. The molecule has 2 saturated carbocycles. The van der Waals surface area contributed by atoms with Crippen LogP contribution >= 0.6 is 0 Å². The Morgan fingerprint density at radius 1 is 1.05 bits per heavy atom. The highest BCUT2D eigenvalue weighted by atomic mass is 16.2. The van der Waals surface area contributed by atoms with E-state index in [1.807, 2.05) is 0 Å². The van der Waals surface area contributed by atoms with Crippen molar-refractivity contribution in [2.75, 3.05) is 0 Å². The van der Waals surface area contributed by atoms with Crippen LogP contribution in [0.1, 0.15) is 64.2 Å². The lowest BCUT2D eigenvalue weighted by molar-refractivity contribution is -0.124. The lowest BCUT2D eigenvalue weighted by atomic mass is 9.79. The average Bonchev–Trinajstić information content (AvgIpc) is 2.39. The molecule has 0 unspecified atom stereocenters. The van der Waals surface area contributed by atoms with Gasteiger partial charge in [0.05, 0.1) is 0 Å². The monoisotopic (exact) mass is 281 g/mol. The molecule has 2 fully saturated rings. The first-order valence-electron chi connectivity index (χ1n) is 7.86. The van der Waals surface area contributed by atoms with E-state index in [0.29, 0.717) is 6.42 Å². The van der Waals surface area contributed by atoms with Gasteiger partial charge in [-0.15, -0.1) is 0 Å². The number of carbonyl (C=O) groups is 2. The van der Waals surface area contributed by atoms with Crippen LogP contribution in [0.3, 0.4) is 0 Å². The summed E-state index contributed by atoms with van der Waals surface area (Å²) in [5.74, 6) is -0.155. The second-order valence-electron chi connectivity index (χ2n) is 6.62. The number of nitrogens with two attached hydrogens (primary N) is 2. The van der Waals surface area contributed by atoms with Gasteiger partial charge in [0.15, 0.2) is 0 Å². The third-order valence-electron chi connectivity index (χ3n) is 4.86. The van der Waals surface area contributed by atoms with Crippen molar-refractivity contribution in [1.82, 2.24) is 5.32 Å². The second-order valence-corrected chi connectivity index (χ2v) is 6.62. The summed E-state index contributed by atoms with van der Waals surface area (Å²) in [5.41, 5.74) is 11.3. The fourth-order valence-electron chi connectivity index (χ4n) is 3.55. The zero-order chi connectivity index (χ0) is 14.6. The number of hydrogen-bond acceptors (Lipinski definition) is 3. The Morgan fingerprint density at radius 3 is 2.20 bits per heavy atom. The Labute approximate surface area is 120 Å². The van der Waals surface area contributed by atoms with Gasteiger partial charge in [-0.25, -0.2) is 0 Å². The minimum absolute atomic E-state index is 0.0117. The summed E-state index contributed by atoms with van der Waals surface area (Å²) in [5, 5.41) is 3.08. The van der Waals surface area contributed by atoms with E-state index in [-0.39, 0.29) is 29.3 Å². The van der Waals surface area contributed by atoms with Crippen LogP contribution in [0.5, 0.6) is 0 Å². The first-order valence-corrected chi connectivity index (χ1v) is 7.86. The fraction of sp³-hybridized carbons (Fsp3) is 0.867. The third-order valence-corrected chi connectivity index (χ3v) is 4.86. The average molecular weight is 281 g/mol. The molecule has 2 rings (SSSR count). The van der Waals surface area contributed by atoms with Crippen molar-refractivity contribution in [2.24, 2.45) is 17.4 Å². The first-order chi connectivity index (χ1) is 9.48. The van der Waals surface area contributed by atoms with Crippen molar-refractivity contribution < 1.29 is 9.59 Å². The van der Waals surface area contributed by atoms with E-state index in [9.17, 15) is 9.59 Å². The summed E-state index contributed by atoms with van der Waals surface area (Å²) in [7, 11) is 0. The van der Waals surface area contributed by atoms with E-state index in [2.05, 4.69) is 5.32 Å². The molecule has 0 heterocycles. The van der Waals surface area contributed by atoms with Gasteiger partial charge in [0.25, 0.3) is 0 Å². The van der Waals surface area contributed by atoms with Crippen LogP contribution in [0.2, 0.25) is 0 Å². The van der Waals surface area contributed by atoms with Gasteiger partial charge in [-0.2, -0.15) is 0 Å². The molecule has 0 radical (unpaired) electrons. The van der Waals surface area contributed by atoms with Gasteiger partial charge < -0.3 is 16.8 Å².